The van der Waals surface area contributed by atoms with Crippen LogP contribution in [0, 0.1) is 11.2 Å². The Hall–Kier alpha value is -3.18. The molecule has 2 amide bonds. The number of rotatable bonds is 5. The van der Waals surface area contributed by atoms with Crippen molar-refractivity contribution in [1.82, 2.24) is 25.2 Å². The monoisotopic (exact) mass is 551 g/mol. The summed E-state index contributed by atoms with van der Waals surface area (Å²) in [4.78, 5) is 48.4. The highest BCUT2D eigenvalue weighted by Gasteiger charge is 2.35. The van der Waals surface area contributed by atoms with Gasteiger partial charge in [-0.25, -0.2) is 14.2 Å². The van der Waals surface area contributed by atoms with Crippen LogP contribution in [0.25, 0.3) is 11.4 Å². The van der Waals surface area contributed by atoms with Crippen LogP contribution in [0.4, 0.5) is 9.18 Å². The van der Waals surface area contributed by atoms with E-state index in [9.17, 15) is 18.8 Å². The molecule has 1 aromatic heterocycles. The average molecular weight is 552 g/mol. The fourth-order valence-electron chi connectivity index (χ4n) is 4.07. The van der Waals surface area contributed by atoms with E-state index in [2.05, 4.69) is 15.6 Å². The van der Waals surface area contributed by atoms with Crippen molar-refractivity contribution in [2.75, 3.05) is 13.6 Å². The number of carbonyl (C=O) groups is 3. The fraction of sp³-hybridized carbons (Fsp3) is 0.538. The number of fused-ring (bicyclic) bond motifs is 1. The van der Waals surface area contributed by atoms with E-state index in [1.165, 1.54) is 30.3 Å². The summed E-state index contributed by atoms with van der Waals surface area (Å²) in [5, 5.41) is 6.95. The third-order valence-electron chi connectivity index (χ3n) is 5.82. The van der Waals surface area contributed by atoms with E-state index in [0.29, 0.717) is 25.2 Å². The Kier molecular flexibility index (Phi) is 8.72. The molecule has 1 aromatic carbocycles. The minimum Gasteiger partial charge on any atom is -0.427 e. The van der Waals surface area contributed by atoms with Gasteiger partial charge in [0.15, 0.2) is 5.69 Å². The summed E-state index contributed by atoms with van der Waals surface area (Å²) in [6, 6.07) is 3.34. The molecule has 0 bridgehead atoms. The third-order valence-corrected chi connectivity index (χ3v) is 6.05. The number of nitrogens with zero attached hydrogens (tertiary/aromatic N) is 3. The standard InChI is InChI=1S/C26H35ClFN5O5/c1-25(2,3)20(23(35)29-7)31-22(34)19-18-14-32(38-24(36)37-26(4,5)6)11-8-12-33(18)21(30-19)16-10-9-15(27)13-17(16)28/h9-10,13,20H,8,11-12,14H2,1-7H3,(H,29,35)(H,31,34)/t20-/m1/s1. The molecule has 3 rings (SSSR count). The molecular weight excluding hydrogens is 517 g/mol. The Morgan fingerprint density at radius 1 is 1.13 bits per heavy atom. The summed E-state index contributed by atoms with van der Waals surface area (Å²) >= 11 is 5.95. The molecule has 208 valence electrons. The molecule has 0 aliphatic carbocycles. The zero-order chi connectivity index (χ0) is 28.4. The van der Waals surface area contributed by atoms with Gasteiger partial charge in [0.1, 0.15) is 23.3 Å². The maximum Gasteiger partial charge on any atom is 0.528 e. The van der Waals surface area contributed by atoms with Crippen molar-refractivity contribution < 1.29 is 28.3 Å². The average Bonchev–Trinajstić information content (AvgIpc) is 2.99. The Bertz CT molecular complexity index is 1220. The first-order chi connectivity index (χ1) is 17.6. The fourth-order valence-corrected chi connectivity index (χ4v) is 4.23. The first-order valence-corrected chi connectivity index (χ1v) is 12.7. The Balaban J connectivity index is 2.05. The number of nitrogens with one attached hydrogen (secondary N) is 2. The predicted molar refractivity (Wildman–Crippen MR) is 140 cm³/mol. The number of aromatic nitrogens is 2. The van der Waals surface area contributed by atoms with Gasteiger partial charge in [-0.05, 0) is 50.8 Å². The van der Waals surface area contributed by atoms with Gasteiger partial charge in [0.05, 0.1) is 17.8 Å². The van der Waals surface area contributed by atoms with Gasteiger partial charge < -0.3 is 24.8 Å². The molecule has 38 heavy (non-hydrogen) atoms. The smallest absolute Gasteiger partial charge is 0.427 e. The van der Waals surface area contributed by atoms with E-state index in [1.807, 2.05) is 20.8 Å². The zero-order valence-corrected chi connectivity index (χ0v) is 23.5. The first-order valence-electron chi connectivity index (χ1n) is 12.3. The SMILES string of the molecule is CNC(=O)[C@@H](NC(=O)c1nc(-c2ccc(Cl)cc2F)n2c1CN(OC(=O)OC(C)(C)C)CCC2)C(C)(C)C. The van der Waals surface area contributed by atoms with Gasteiger partial charge in [0.2, 0.25) is 5.91 Å². The van der Waals surface area contributed by atoms with E-state index in [4.69, 9.17) is 21.2 Å². The highest BCUT2D eigenvalue weighted by molar-refractivity contribution is 6.30. The van der Waals surface area contributed by atoms with Gasteiger partial charge in [0, 0.05) is 25.2 Å². The number of hydrogen-bond donors (Lipinski definition) is 2. The molecule has 10 nitrogen and oxygen atoms in total. The Morgan fingerprint density at radius 3 is 2.39 bits per heavy atom. The number of ether oxygens (including phenoxy) is 1. The van der Waals surface area contributed by atoms with Crippen molar-refractivity contribution >= 4 is 29.6 Å². The van der Waals surface area contributed by atoms with Crippen LogP contribution in [0.1, 0.15) is 64.1 Å². The molecule has 0 saturated carbocycles. The largest absolute Gasteiger partial charge is 0.528 e. The normalized spacial score (nSPS) is 15.2. The molecule has 0 spiro atoms. The first kappa shape index (κ1) is 29.4. The number of hydroxylamine groups is 2. The number of likely N-dealkylation sites (N-methyl/N-ethyl adjacent to an activating group) is 1. The summed E-state index contributed by atoms with van der Waals surface area (Å²) in [7, 11) is 1.49. The predicted octanol–water partition coefficient (Wildman–Crippen LogP) is 4.31. The number of carbonyl (C=O) groups excluding carboxylic acids is 3. The van der Waals surface area contributed by atoms with Gasteiger partial charge >= 0.3 is 6.16 Å². The van der Waals surface area contributed by atoms with Gasteiger partial charge in [-0.1, -0.05) is 32.4 Å². The van der Waals surface area contributed by atoms with Crippen LogP contribution in [-0.4, -0.2) is 57.8 Å². The van der Waals surface area contributed by atoms with Crippen molar-refractivity contribution in [2.24, 2.45) is 5.41 Å². The maximum absolute atomic E-state index is 15.0. The minimum atomic E-state index is -0.882. The van der Waals surface area contributed by atoms with Gasteiger partial charge in [-0.3, -0.25) is 9.59 Å². The lowest BCUT2D eigenvalue weighted by Crippen LogP contribution is -2.53. The van der Waals surface area contributed by atoms with Crippen LogP contribution < -0.4 is 10.6 Å². The molecule has 1 atom stereocenters. The van der Waals surface area contributed by atoms with Crippen molar-refractivity contribution in [2.45, 2.75) is 72.7 Å². The van der Waals surface area contributed by atoms with Crippen LogP contribution in [-0.2, 0) is 27.5 Å². The molecule has 2 heterocycles. The Morgan fingerprint density at radius 2 is 1.82 bits per heavy atom. The maximum atomic E-state index is 15.0. The van der Waals surface area contributed by atoms with Crippen molar-refractivity contribution in [1.29, 1.82) is 0 Å². The molecule has 0 saturated heterocycles. The van der Waals surface area contributed by atoms with Crippen LogP contribution in [0.15, 0.2) is 18.2 Å². The number of amides is 2. The van der Waals surface area contributed by atoms with Crippen LogP contribution >= 0.6 is 11.6 Å². The van der Waals surface area contributed by atoms with Crippen LogP contribution in [0.5, 0.6) is 0 Å². The summed E-state index contributed by atoms with van der Waals surface area (Å²) in [6.07, 6.45) is -0.369. The highest BCUT2D eigenvalue weighted by atomic mass is 35.5. The van der Waals surface area contributed by atoms with Crippen LogP contribution in [0.3, 0.4) is 0 Å². The minimum absolute atomic E-state index is 0.00723. The summed E-state index contributed by atoms with van der Waals surface area (Å²) < 4.78 is 21.9. The van der Waals surface area contributed by atoms with Gasteiger partial charge in [-0.15, -0.1) is 5.06 Å². The second kappa shape index (κ2) is 11.3. The summed E-state index contributed by atoms with van der Waals surface area (Å²) in [6.45, 7) is 11.3. The van der Waals surface area contributed by atoms with Crippen molar-refractivity contribution in [3.63, 3.8) is 0 Å². The van der Waals surface area contributed by atoms with E-state index >= 15 is 0 Å². The molecule has 0 fully saturated rings. The lowest BCUT2D eigenvalue weighted by molar-refractivity contribution is -0.148. The molecule has 0 unspecified atom stereocenters. The quantitative estimate of drug-likeness (QED) is 0.532. The Labute approximate surface area is 226 Å². The molecule has 1 aliphatic rings. The second-order valence-electron chi connectivity index (χ2n) is 11.2. The van der Waals surface area contributed by atoms with Crippen molar-refractivity contribution in [3.05, 3.63) is 40.4 Å². The summed E-state index contributed by atoms with van der Waals surface area (Å²) in [5.74, 6) is -1.35. The number of benzene rings is 1. The second-order valence-corrected chi connectivity index (χ2v) is 11.6. The van der Waals surface area contributed by atoms with Crippen LogP contribution in [0.2, 0.25) is 5.02 Å². The topological polar surface area (TPSA) is 115 Å². The highest BCUT2D eigenvalue weighted by Crippen LogP contribution is 2.30. The van der Waals surface area contributed by atoms with E-state index in [1.54, 1.807) is 25.3 Å². The number of halogens is 2. The van der Waals surface area contributed by atoms with E-state index in [0.717, 1.165) is 0 Å². The number of imidazole rings is 1. The van der Waals surface area contributed by atoms with Crippen molar-refractivity contribution in [3.8, 4) is 11.4 Å². The molecule has 0 radical (unpaired) electrons. The molecule has 2 aromatic rings. The third kappa shape index (κ3) is 7.02. The lowest BCUT2D eigenvalue weighted by Gasteiger charge is -2.29. The molecule has 1 aliphatic heterocycles. The molecular formula is C26H35ClFN5O5. The zero-order valence-electron chi connectivity index (χ0n) is 22.8. The van der Waals surface area contributed by atoms with E-state index in [-0.39, 0.29) is 34.6 Å². The summed E-state index contributed by atoms with van der Waals surface area (Å²) in [5.41, 5.74) is -0.806. The molecule has 12 heteroatoms. The number of hydrogen-bond acceptors (Lipinski definition) is 7. The van der Waals surface area contributed by atoms with Gasteiger partial charge in [-0.2, -0.15) is 0 Å². The lowest BCUT2D eigenvalue weighted by atomic mass is 9.86. The molecule has 2 N–H and O–H groups in total. The van der Waals surface area contributed by atoms with E-state index < -0.39 is 34.9 Å². The van der Waals surface area contributed by atoms with Gasteiger partial charge in [0.25, 0.3) is 5.91 Å².